The van der Waals surface area contributed by atoms with Gasteiger partial charge in [0.15, 0.2) is 6.61 Å². The predicted octanol–water partition coefficient (Wildman–Crippen LogP) is 1.76. The molecule has 0 saturated heterocycles. The molecule has 0 aliphatic heterocycles. The second-order valence-corrected chi connectivity index (χ2v) is 4.70. The molecule has 3 N–H and O–H groups in total. The fourth-order valence-corrected chi connectivity index (χ4v) is 2.14. The normalized spacial score (nSPS) is 9.80. The third kappa shape index (κ3) is 3.54. The molecule has 2 rings (SSSR count). The highest BCUT2D eigenvalue weighted by molar-refractivity contribution is 7.09. The molecule has 0 atom stereocenters. The lowest BCUT2D eigenvalue weighted by atomic mass is 10.3. The van der Waals surface area contributed by atoms with Crippen LogP contribution in [0.5, 0.6) is 5.75 Å². The molecule has 0 aliphatic rings. The van der Waals surface area contributed by atoms with E-state index < -0.39 is 0 Å². The SMILES string of the molecule is N#CCOc1cccc(NC(=O)c2csc(CN)n2)c1. The van der Waals surface area contributed by atoms with Gasteiger partial charge >= 0.3 is 0 Å². The van der Waals surface area contributed by atoms with Crippen LogP contribution in [0.3, 0.4) is 0 Å². The van der Waals surface area contributed by atoms with Crippen LogP contribution < -0.4 is 15.8 Å². The van der Waals surface area contributed by atoms with Crippen LogP contribution in [0.2, 0.25) is 0 Å². The number of amides is 1. The number of nitriles is 1. The number of aromatic nitrogens is 1. The van der Waals surface area contributed by atoms with Gasteiger partial charge in [-0.3, -0.25) is 4.79 Å². The highest BCUT2D eigenvalue weighted by Gasteiger charge is 2.10. The van der Waals surface area contributed by atoms with Gasteiger partial charge < -0.3 is 15.8 Å². The molecule has 0 unspecified atom stereocenters. The van der Waals surface area contributed by atoms with Gasteiger partial charge in [0.1, 0.15) is 22.5 Å². The highest BCUT2D eigenvalue weighted by atomic mass is 32.1. The monoisotopic (exact) mass is 288 g/mol. The Morgan fingerprint density at radius 1 is 1.55 bits per heavy atom. The number of hydrogen-bond donors (Lipinski definition) is 2. The third-order valence-corrected chi connectivity index (χ3v) is 3.23. The number of thiazole rings is 1. The number of nitrogens with zero attached hydrogens (tertiary/aromatic N) is 2. The molecule has 0 fully saturated rings. The Labute approximate surface area is 119 Å². The van der Waals surface area contributed by atoms with E-state index in [-0.39, 0.29) is 12.5 Å². The first-order valence-electron chi connectivity index (χ1n) is 5.78. The minimum atomic E-state index is -0.307. The van der Waals surface area contributed by atoms with Crippen molar-refractivity contribution < 1.29 is 9.53 Å². The maximum absolute atomic E-state index is 12.0. The zero-order valence-corrected chi connectivity index (χ0v) is 11.3. The van der Waals surface area contributed by atoms with Crippen molar-refractivity contribution in [3.8, 4) is 11.8 Å². The lowest BCUT2D eigenvalue weighted by molar-refractivity contribution is 0.102. The standard InChI is InChI=1S/C13H12N4O2S/c14-4-5-19-10-3-1-2-9(6-10)16-13(18)11-8-20-12(7-15)17-11/h1-3,6,8H,5,7,15H2,(H,16,18). The van der Waals surface area contributed by atoms with E-state index in [0.29, 0.717) is 28.7 Å². The maximum Gasteiger partial charge on any atom is 0.275 e. The number of benzene rings is 1. The molecule has 20 heavy (non-hydrogen) atoms. The van der Waals surface area contributed by atoms with E-state index in [1.54, 1.807) is 29.6 Å². The average molecular weight is 288 g/mol. The molecule has 0 aliphatic carbocycles. The molecule has 2 aromatic rings. The first-order chi connectivity index (χ1) is 9.72. The van der Waals surface area contributed by atoms with Crippen LogP contribution in [0.25, 0.3) is 0 Å². The van der Waals surface area contributed by atoms with Crippen molar-refractivity contribution in [3.05, 3.63) is 40.3 Å². The van der Waals surface area contributed by atoms with E-state index in [1.807, 2.05) is 6.07 Å². The van der Waals surface area contributed by atoms with Crippen molar-refractivity contribution in [1.29, 1.82) is 5.26 Å². The fourth-order valence-electron chi connectivity index (χ4n) is 1.48. The summed E-state index contributed by atoms with van der Waals surface area (Å²) in [6.45, 7) is 0.277. The van der Waals surface area contributed by atoms with Gasteiger partial charge in [0.2, 0.25) is 0 Å². The summed E-state index contributed by atoms with van der Waals surface area (Å²) in [5.74, 6) is 0.212. The van der Waals surface area contributed by atoms with Crippen molar-refractivity contribution in [2.24, 2.45) is 5.73 Å². The molecule has 0 saturated carbocycles. The summed E-state index contributed by atoms with van der Waals surface area (Å²) >= 11 is 1.35. The largest absolute Gasteiger partial charge is 0.479 e. The molecule has 1 heterocycles. The Morgan fingerprint density at radius 3 is 3.10 bits per heavy atom. The number of carbonyl (C=O) groups is 1. The van der Waals surface area contributed by atoms with Gasteiger partial charge in [-0.25, -0.2) is 4.98 Å². The third-order valence-electron chi connectivity index (χ3n) is 2.35. The number of carbonyl (C=O) groups excluding carboxylic acids is 1. The quantitative estimate of drug-likeness (QED) is 0.873. The summed E-state index contributed by atoms with van der Waals surface area (Å²) in [7, 11) is 0. The number of anilines is 1. The zero-order chi connectivity index (χ0) is 14.4. The van der Waals surface area contributed by atoms with Crippen LogP contribution in [-0.2, 0) is 6.54 Å². The van der Waals surface area contributed by atoms with Crippen LogP contribution in [0.15, 0.2) is 29.6 Å². The number of nitrogens with one attached hydrogen (secondary N) is 1. The number of ether oxygens (including phenoxy) is 1. The summed E-state index contributed by atoms with van der Waals surface area (Å²) in [5.41, 5.74) is 6.36. The molecule has 102 valence electrons. The van der Waals surface area contributed by atoms with E-state index in [1.165, 1.54) is 11.3 Å². The van der Waals surface area contributed by atoms with E-state index in [2.05, 4.69) is 10.3 Å². The summed E-state index contributed by atoms with van der Waals surface area (Å²) in [4.78, 5) is 16.1. The van der Waals surface area contributed by atoms with Crippen LogP contribution >= 0.6 is 11.3 Å². The van der Waals surface area contributed by atoms with Crippen molar-refractivity contribution >= 4 is 22.9 Å². The molecule has 7 heteroatoms. The second-order valence-electron chi connectivity index (χ2n) is 3.76. The van der Waals surface area contributed by atoms with Gasteiger partial charge in [-0.15, -0.1) is 11.3 Å². The predicted molar refractivity (Wildman–Crippen MR) is 75.5 cm³/mol. The highest BCUT2D eigenvalue weighted by Crippen LogP contribution is 2.18. The van der Waals surface area contributed by atoms with Gasteiger partial charge in [-0.05, 0) is 12.1 Å². The van der Waals surface area contributed by atoms with Gasteiger partial charge in [-0.2, -0.15) is 5.26 Å². The first-order valence-corrected chi connectivity index (χ1v) is 6.66. The Hall–Kier alpha value is -2.43. The Bertz CT molecular complexity index is 648. The lowest BCUT2D eigenvalue weighted by Gasteiger charge is -2.06. The number of hydrogen-bond acceptors (Lipinski definition) is 6. The van der Waals surface area contributed by atoms with E-state index in [4.69, 9.17) is 15.7 Å². The zero-order valence-electron chi connectivity index (χ0n) is 10.5. The van der Waals surface area contributed by atoms with Crippen LogP contribution in [-0.4, -0.2) is 17.5 Å². The second kappa shape index (κ2) is 6.65. The fraction of sp³-hybridized carbons (Fsp3) is 0.154. The molecule has 1 aromatic heterocycles. The minimum absolute atomic E-state index is 0.0383. The molecule has 6 nitrogen and oxygen atoms in total. The van der Waals surface area contributed by atoms with E-state index in [0.717, 1.165) is 0 Å². The van der Waals surface area contributed by atoms with Gasteiger partial charge in [-0.1, -0.05) is 6.07 Å². The molecular formula is C13H12N4O2S. The van der Waals surface area contributed by atoms with Gasteiger partial charge in [0, 0.05) is 23.7 Å². The summed E-state index contributed by atoms with van der Waals surface area (Å²) in [5, 5.41) is 13.5. The Morgan fingerprint density at radius 2 is 2.40 bits per heavy atom. The maximum atomic E-state index is 12.0. The van der Waals surface area contributed by atoms with Gasteiger partial charge in [0.25, 0.3) is 5.91 Å². The minimum Gasteiger partial charge on any atom is -0.479 e. The first kappa shape index (κ1) is 14.0. The smallest absolute Gasteiger partial charge is 0.275 e. The number of rotatable bonds is 5. The lowest BCUT2D eigenvalue weighted by Crippen LogP contribution is -2.12. The van der Waals surface area contributed by atoms with Gasteiger partial charge in [0.05, 0.1) is 0 Å². The Kier molecular flexibility index (Phi) is 4.65. The topological polar surface area (TPSA) is 101 Å². The van der Waals surface area contributed by atoms with E-state index in [9.17, 15) is 4.79 Å². The molecule has 0 spiro atoms. The molecule has 0 bridgehead atoms. The molecule has 1 aromatic carbocycles. The van der Waals surface area contributed by atoms with Crippen molar-refractivity contribution in [3.63, 3.8) is 0 Å². The summed E-state index contributed by atoms with van der Waals surface area (Å²) in [6, 6.07) is 8.70. The molecular weight excluding hydrogens is 276 g/mol. The van der Waals surface area contributed by atoms with E-state index >= 15 is 0 Å². The summed E-state index contributed by atoms with van der Waals surface area (Å²) in [6.07, 6.45) is 0. The molecule has 0 radical (unpaired) electrons. The van der Waals surface area contributed by atoms with Crippen LogP contribution in [0.4, 0.5) is 5.69 Å². The average Bonchev–Trinajstić information content (AvgIpc) is 2.94. The van der Waals surface area contributed by atoms with Crippen LogP contribution in [0, 0.1) is 11.3 Å². The summed E-state index contributed by atoms with van der Waals surface area (Å²) < 4.78 is 5.16. The van der Waals surface area contributed by atoms with Crippen LogP contribution in [0.1, 0.15) is 15.5 Å². The van der Waals surface area contributed by atoms with Crippen molar-refractivity contribution in [2.75, 3.05) is 11.9 Å². The molecule has 1 amide bonds. The van der Waals surface area contributed by atoms with Crippen molar-refractivity contribution in [1.82, 2.24) is 4.98 Å². The number of nitrogens with two attached hydrogens (primary N) is 1. The Balaban J connectivity index is 2.05. The van der Waals surface area contributed by atoms with Crippen molar-refractivity contribution in [2.45, 2.75) is 6.54 Å².